The third-order valence-electron chi connectivity index (χ3n) is 3.64. The minimum Gasteiger partial charge on any atom is -0.392 e. The molecule has 0 bridgehead atoms. The second-order valence-corrected chi connectivity index (χ2v) is 6.91. The molecule has 1 aromatic carbocycles. The molecule has 6 heteroatoms. The van der Waals surface area contributed by atoms with Gasteiger partial charge in [-0.1, -0.05) is 13.8 Å². The van der Waals surface area contributed by atoms with Gasteiger partial charge in [0.2, 0.25) is 10.0 Å². The Kier molecular flexibility index (Phi) is 3.21. The van der Waals surface area contributed by atoms with Crippen LogP contribution >= 0.6 is 0 Å². The maximum Gasteiger partial charge on any atom is 0.240 e. The van der Waals surface area contributed by atoms with E-state index < -0.39 is 27.4 Å². The predicted molar refractivity (Wildman–Crippen MR) is 64.9 cm³/mol. The monoisotopic (exact) mass is 273 g/mol. The van der Waals surface area contributed by atoms with E-state index in [1.165, 1.54) is 12.1 Å². The molecule has 0 amide bonds. The number of aliphatic hydroxyl groups excluding tert-OH is 1. The van der Waals surface area contributed by atoms with Crippen LogP contribution in [0.1, 0.15) is 20.3 Å². The molecule has 0 spiro atoms. The standard InChI is InChI=1S/C12H16FNO3S/c1-12(2)10(7-11(12)15)14-18(16,17)9-5-3-8(13)4-6-9/h3-6,10-11,14-15H,7H2,1-2H3. The van der Waals surface area contributed by atoms with Crippen molar-refractivity contribution < 1.29 is 17.9 Å². The maximum atomic E-state index is 12.7. The van der Waals surface area contributed by atoms with Crippen LogP contribution in [-0.4, -0.2) is 25.7 Å². The van der Waals surface area contributed by atoms with Crippen LogP contribution in [0.2, 0.25) is 0 Å². The molecule has 2 atom stereocenters. The number of hydrogen-bond donors (Lipinski definition) is 2. The van der Waals surface area contributed by atoms with Gasteiger partial charge in [0, 0.05) is 11.5 Å². The van der Waals surface area contributed by atoms with Crippen molar-refractivity contribution in [2.75, 3.05) is 0 Å². The van der Waals surface area contributed by atoms with E-state index in [2.05, 4.69) is 4.72 Å². The molecule has 0 saturated heterocycles. The predicted octanol–water partition coefficient (Wildman–Crippen LogP) is 1.26. The second kappa shape index (κ2) is 4.29. The molecule has 1 saturated carbocycles. The summed E-state index contributed by atoms with van der Waals surface area (Å²) in [4.78, 5) is 0.0288. The van der Waals surface area contributed by atoms with Gasteiger partial charge in [0.05, 0.1) is 11.0 Å². The zero-order valence-electron chi connectivity index (χ0n) is 10.2. The lowest BCUT2D eigenvalue weighted by atomic mass is 9.65. The Balaban J connectivity index is 2.16. The zero-order chi connectivity index (χ0) is 13.6. The lowest BCUT2D eigenvalue weighted by Crippen LogP contribution is -2.61. The van der Waals surface area contributed by atoms with Crippen molar-refractivity contribution in [3.63, 3.8) is 0 Å². The first kappa shape index (κ1) is 13.5. The molecule has 0 aliphatic heterocycles. The normalized spacial score (nSPS) is 26.7. The van der Waals surface area contributed by atoms with E-state index >= 15 is 0 Å². The Morgan fingerprint density at radius 2 is 1.89 bits per heavy atom. The first-order valence-corrected chi connectivity index (χ1v) is 7.18. The van der Waals surface area contributed by atoms with Crippen LogP contribution in [0.5, 0.6) is 0 Å². The highest BCUT2D eigenvalue weighted by Gasteiger charge is 2.48. The van der Waals surface area contributed by atoms with E-state index in [1.54, 1.807) is 13.8 Å². The molecule has 0 radical (unpaired) electrons. The van der Waals surface area contributed by atoms with Crippen molar-refractivity contribution in [1.29, 1.82) is 0 Å². The Labute approximate surface area is 106 Å². The van der Waals surface area contributed by atoms with E-state index in [0.29, 0.717) is 6.42 Å². The van der Waals surface area contributed by atoms with Crippen LogP contribution in [0, 0.1) is 11.2 Å². The summed E-state index contributed by atoms with van der Waals surface area (Å²) in [6.45, 7) is 3.61. The number of rotatable bonds is 3. The highest BCUT2D eigenvalue weighted by atomic mass is 32.2. The zero-order valence-corrected chi connectivity index (χ0v) is 11.0. The van der Waals surface area contributed by atoms with Crippen molar-refractivity contribution in [3.8, 4) is 0 Å². The Bertz CT molecular complexity index is 539. The molecule has 1 aromatic rings. The molecule has 2 unspecified atom stereocenters. The fraction of sp³-hybridized carbons (Fsp3) is 0.500. The average Bonchev–Trinajstić information content (AvgIpc) is 2.29. The van der Waals surface area contributed by atoms with E-state index in [1.807, 2.05) is 0 Å². The van der Waals surface area contributed by atoms with E-state index in [-0.39, 0.29) is 10.9 Å². The lowest BCUT2D eigenvalue weighted by Gasteiger charge is -2.49. The van der Waals surface area contributed by atoms with Gasteiger partial charge in [-0.05, 0) is 30.7 Å². The van der Waals surface area contributed by atoms with Crippen molar-refractivity contribution >= 4 is 10.0 Å². The molecule has 1 fully saturated rings. The van der Waals surface area contributed by atoms with E-state index in [4.69, 9.17) is 0 Å². The smallest absolute Gasteiger partial charge is 0.240 e. The van der Waals surface area contributed by atoms with Crippen LogP contribution in [0.4, 0.5) is 4.39 Å². The van der Waals surface area contributed by atoms with Crippen LogP contribution in [0.25, 0.3) is 0 Å². The van der Waals surface area contributed by atoms with Crippen LogP contribution in [0.15, 0.2) is 29.2 Å². The van der Waals surface area contributed by atoms with Gasteiger partial charge in [-0.25, -0.2) is 17.5 Å². The van der Waals surface area contributed by atoms with Gasteiger partial charge in [0.1, 0.15) is 5.82 Å². The molecule has 2 N–H and O–H groups in total. The molecule has 100 valence electrons. The van der Waals surface area contributed by atoms with Crippen LogP contribution in [-0.2, 0) is 10.0 Å². The maximum absolute atomic E-state index is 12.7. The highest BCUT2D eigenvalue weighted by Crippen LogP contribution is 2.41. The second-order valence-electron chi connectivity index (χ2n) is 5.20. The summed E-state index contributed by atoms with van der Waals surface area (Å²) >= 11 is 0. The molecule has 18 heavy (non-hydrogen) atoms. The summed E-state index contributed by atoms with van der Waals surface area (Å²) in [5.41, 5.74) is -0.479. The number of hydrogen-bond acceptors (Lipinski definition) is 3. The third-order valence-corrected chi connectivity index (χ3v) is 5.12. The summed E-state index contributed by atoms with van der Waals surface area (Å²) in [6, 6.07) is 4.35. The van der Waals surface area contributed by atoms with Gasteiger partial charge in [-0.15, -0.1) is 0 Å². The Morgan fingerprint density at radius 3 is 2.33 bits per heavy atom. The van der Waals surface area contributed by atoms with Gasteiger partial charge in [0.15, 0.2) is 0 Å². The van der Waals surface area contributed by atoms with Gasteiger partial charge >= 0.3 is 0 Å². The molecule has 0 aromatic heterocycles. The topological polar surface area (TPSA) is 66.4 Å². The number of nitrogens with one attached hydrogen (secondary N) is 1. The number of halogens is 1. The van der Waals surface area contributed by atoms with E-state index in [9.17, 15) is 17.9 Å². The van der Waals surface area contributed by atoms with Crippen molar-refractivity contribution in [3.05, 3.63) is 30.1 Å². The van der Waals surface area contributed by atoms with Crippen LogP contribution < -0.4 is 4.72 Å². The molecule has 1 aliphatic rings. The SMILES string of the molecule is CC1(C)C(O)CC1NS(=O)(=O)c1ccc(F)cc1. The summed E-state index contributed by atoms with van der Waals surface area (Å²) in [6.07, 6.45) is -0.105. The van der Waals surface area contributed by atoms with Gasteiger partial charge in [-0.2, -0.15) is 0 Å². The minimum absolute atomic E-state index is 0.0288. The quantitative estimate of drug-likeness (QED) is 0.871. The van der Waals surface area contributed by atoms with Gasteiger partial charge < -0.3 is 5.11 Å². The number of sulfonamides is 1. The lowest BCUT2D eigenvalue weighted by molar-refractivity contribution is -0.0645. The first-order chi connectivity index (χ1) is 8.23. The summed E-state index contributed by atoms with van der Waals surface area (Å²) < 4.78 is 39.3. The molecule has 2 rings (SSSR count). The number of aliphatic hydroxyl groups is 1. The van der Waals surface area contributed by atoms with Crippen molar-refractivity contribution in [2.45, 2.75) is 37.3 Å². The minimum atomic E-state index is -3.66. The molecular weight excluding hydrogens is 257 g/mol. The summed E-state index contributed by atoms with van der Waals surface area (Å²) in [5, 5.41) is 9.57. The van der Waals surface area contributed by atoms with Crippen LogP contribution in [0.3, 0.4) is 0 Å². The summed E-state index contributed by atoms with van der Waals surface area (Å²) in [5.74, 6) is -0.478. The first-order valence-electron chi connectivity index (χ1n) is 5.69. The largest absolute Gasteiger partial charge is 0.392 e. The van der Waals surface area contributed by atoms with Gasteiger partial charge in [-0.3, -0.25) is 0 Å². The number of benzene rings is 1. The third kappa shape index (κ3) is 2.28. The molecule has 4 nitrogen and oxygen atoms in total. The van der Waals surface area contributed by atoms with E-state index in [0.717, 1.165) is 12.1 Å². The Morgan fingerprint density at radius 1 is 1.33 bits per heavy atom. The average molecular weight is 273 g/mol. The van der Waals surface area contributed by atoms with Gasteiger partial charge in [0.25, 0.3) is 0 Å². The molecular formula is C12H16FNO3S. The summed E-state index contributed by atoms with van der Waals surface area (Å²) in [7, 11) is -3.66. The highest BCUT2D eigenvalue weighted by molar-refractivity contribution is 7.89. The molecule has 1 aliphatic carbocycles. The Hall–Kier alpha value is -0.980. The fourth-order valence-electron chi connectivity index (χ4n) is 1.97. The van der Waals surface area contributed by atoms with Crippen molar-refractivity contribution in [2.24, 2.45) is 5.41 Å². The fourth-order valence-corrected chi connectivity index (χ4v) is 3.38. The molecule has 0 heterocycles. The van der Waals surface area contributed by atoms with Crippen molar-refractivity contribution in [1.82, 2.24) is 4.72 Å².